The maximum atomic E-state index is 10.5. The molecule has 0 unspecified atom stereocenters. The van der Waals surface area contributed by atoms with Crippen LogP contribution in [0.3, 0.4) is 0 Å². The van der Waals surface area contributed by atoms with Crippen LogP contribution in [0.2, 0.25) is 0 Å². The number of hydrogen-bond acceptors (Lipinski definition) is 1. The lowest BCUT2D eigenvalue weighted by atomic mass is 10.1. The molecule has 0 radical (unpaired) electrons. The van der Waals surface area contributed by atoms with Crippen molar-refractivity contribution in [1.82, 2.24) is 0 Å². The average molecular weight is 174 g/mol. The highest BCUT2D eigenvalue weighted by molar-refractivity contribution is 5.75. The first-order chi connectivity index (χ1) is 4.77. The van der Waals surface area contributed by atoms with Gasteiger partial charge in [0, 0.05) is 6.42 Å². The Kier molecular flexibility index (Phi) is 19.6. The van der Waals surface area contributed by atoms with E-state index in [1.165, 1.54) is 25.7 Å². The number of unbranched alkanes of at least 4 members (excludes halogenated alkanes) is 4. The lowest BCUT2D eigenvalue weighted by Crippen LogP contribution is -1.88. The minimum atomic E-state index is 0. The number of ketones is 1. The van der Waals surface area contributed by atoms with Crippen LogP contribution in [-0.2, 0) is 4.79 Å². The average Bonchev–Trinajstić information content (AvgIpc) is 1.87. The van der Waals surface area contributed by atoms with E-state index in [4.69, 9.17) is 0 Å². The maximum Gasteiger partial charge on any atom is 0.129 e. The molecule has 0 rings (SSSR count). The first-order valence-electron chi connectivity index (χ1n) is 4.26. The molecule has 0 saturated carbocycles. The van der Waals surface area contributed by atoms with Crippen LogP contribution in [-0.4, -0.2) is 5.78 Å². The summed E-state index contributed by atoms with van der Waals surface area (Å²) in [6.07, 6.45) is 6.99. The highest BCUT2D eigenvalue weighted by atomic mass is 16.1. The molecule has 1 heteroatoms. The Labute approximate surface area is 78.6 Å². The van der Waals surface area contributed by atoms with Gasteiger partial charge in [-0.05, 0) is 13.3 Å². The standard InChI is InChI=1S/C9H18O.2CH4/c1-3-4-5-6-7-8-9(2)10;;/h3-8H2,1-2H3;2*1H4. The third-order valence-corrected chi connectivity index (χ3v) is 1.63. The van der Waals surface area contributed by atoms with E-state index in [9.17, 15) is 4.79 Å². The van der Waals surface area contributed by atoms with Gasteiger partial charge in [-0.1, -0.05) is 47.5 Å². The van der Waals surface area contributed by atoms with Crippen molar-refractivity contribution in [2.75, 3.05) is 0 Å². The predicted octanol–water partition coefficient (Wildman–Crippen LogP) is 4.21. The molecular formula is C11H26O. The van der Waals surface area contributed by atoms with Crippen LogP contribution in [0.5, 0.6) is 0 Å². The van der Waals surface area contributed by atoms with Crippen LogP contribution in [0, 0.1) is 0 Å². The monoisotopic (exact) mass is 174 g/mol. The molecule has 0 aliphatic rings. The van der Waals surface area contributed by atoms with Crippen LogP contribution < -0.4 is 0 Å². The molecule has 0 aromatic heterocycles. The summed E-state index contributed by atoms with van der Waals surface area (Å²) in [5, 5.41) is 0. The molecule has 0 amide bonds. The van der Waals surface area contributed by atoms with Gasteiger partial charge < -0.3 is 4.79 Å². The summed E-state index contributed by atoms with van der Waals surface area (Å²) < 4.78 is 0. The van der Waals surface area contributed by atoms with E-state index in [-0.39, 0.29) is 14.9 Å². The molecule has 76 valence electrons. The van der Waals surface area contributed by atoms with Crippen molar-refractivity contribution in [1.29, 1.82) is 0 Å². The molecule has 1 nitrogen and oxygen atoms in total. The van der Waals surface area contributed by atoms with E-state index in [0.29, 0.717) is 5.78 Å². The number of Topliss-reactive ketones (excluding diaryl/α,β-unsaturated/α-hetero) is 1. The number of carbonyl (C=O) groups is 1. The van der Waals surface area contributed by atoms with Gasteiger partial charge in [0.2, 0.25) is 0 Å². The van der Waals surface area contributed by atoms with Crippen molar-refractivity contribution in [3.8, 4) is 0 Å². The first-order valence-corrected chi connectivity index (χ1v) is 4.26. The Morgan fingerprint density at radius 2 is 1.50 bits per heavy atom. The number of carbonyl (C=O) groups excluding carboxylic acids is 1. The van der Waals surface area contributed by atoms with E-state index < -0.39 is 0 Å². The fraction of sp³-hybridized carbons (Fsp3) is 0.909. The molecule has 0 saturated heterocycles. The van der Waals surface area contributed by atoms with Crippen molar-refractivity contribution in [3.63, 3.8) is 0 Å². The van der Waals surface area contributed by atoms with Gasteiger partial charge in [0.25, 0.3) is 0 Å². The summed E-state index contributed by atoms with van der Waals surface area (Å²) in [5.41, 5.74) is 0. The zero-order valence-electron chi connectivity index (χ0n) is 7.15. The third-order valence-electron chi connectivity index (χ3n) is 1.63. The number of hydrogen-bond donors (Lipinski definition) is 0. The van der Waals surface area contributed by atoms with Crippen LogP contribution in [0.1, 0.15) is 67.2 Å². The molecule has 0 bridgehead atoms. The quantitative estimate of drug-likeness (QED) is 0.551. The normalized spacial score (nSPS) is 8.17. The summed E-state index contributed by atoms with van der Waals surface area (Å²) in [5.74, 6) is 0.330. The van der Waals surface area contributed by atoms with E-state index >= 15 is 0 Å². The van der Waals surface area contributed by atoms with Crippen molar-refractivity contribution < 1.29 is 4.79 Å². The Bertz CT molecular complexity index is 87.0. The first kappa shape index (κ1) is 17.7. The van der Waals surface area contributed by atoms with Crippen LogP contribution in [0.15, 0.2) is 0 Å². The minimum Gasteiger partial charge on any atom is -0.300 e. The highest BCUT2D eigenvalue weighted by Crippen LogP contribution is 2.04. The second kappa shape index (κ2) is 13.3. The van der Waals surface area contributed by atoms with Gasteiger partial charge in [0.05, 0.1) is 0 Å². The molecule has 0 aliphatic heterocycles. The molecule has 0 aromatic carbocycles. The molecule has 0 aliphatic carbocycles. The Morgan fingerprint density at radius 3 is 1.92 bits per heavy atom. The zero-order chi connectivity index (χ0) is 7.82. The molecule has 0 spiro atoms. The molecule has 0 heterocycles. The van der Waals surface area contributed by atoms with E-state index in [1.807, 2.05) is 0 Å². The highest BCUT2D eigenvalue weighted by Gasteiger charge is 1.92. The van der Waals surface area contributed by atoms with Gasteiger partial charge >= 0.3 is 0 Å². The molecule has 0 N–H and O–H groups in total. The van der Waals surface area contributed by atoms with Gasteiger partial charge in [-0.15, -0.1) is 0 Å². The Morgan fingerprint density at radius 1 is 1.00 bits per heavy atom. The Balaban J connectivity index is -0.000000405. The lowest BCUT2D eigenvalue weighted by Gasteiger charge is -1.95. The van der Waals surface area contributed by atoms with E-state index in [2.05, 4.69) is 6.92 Å². The summed E-state index contributed by atoms with van der Waals surface area (Å²) >= 11 is 0. The van der Waals surface area contributed by atoms with Gasteiger partial charge in [-0.25, -0.2) is 0 Å². The van der Waals surface area contributed by atoms with Crippen LogP contribution in [0.25, 0.3) is 0 Å². The smallest absolute Gasteiger partial charge is 0.129 e. The fourth-order valence-electron chi connectivity index (χ4n) is 0.977. The maximum absolute atomic E-state index is 10.5. The minimum absolute atomic E-state index is 0. The van der Waals surface area contributed by atoms with Gasteiger partial charge in [0.15, 0.2) is 0 Å². The van der Waals surface area contributed by atoms with E-state index in [0.717, 1.165) is 12.8 Å². The van der Waals surface area contributed by atoms with Crippen molar-refractivity contribution >= 4 is 5.78 Å². The third kappa shape index (κ3) is 16.3. The fourth-order valence-corrected chi connectivity index (χ4v) is 0.977. The van der Waals surface area contributed by atoms with Crippen LogP contribution in [0.4, 0.5) is 0 Å². The topological polar surface area (TPSA) is 17.1 Å². The summed E-state index contributed by atoms with van der Waals surface area (Å²) in [6, 6.07) is 0. The van der Waals surface area contributed by atoms with Gasteiger partial charge in [-0.3, -0.25) is 0 Å². The lowest BCUT2D eigenvalue weighted by molar-refractivity contribution is -0.117. The second-order valence-corrected chi connectivity index (χ2v) is 2.87. The summed E-state index contributed by atoms with van der Waals surface area (Å²) in [7, 11) is 0. The van der Waals surface area contributed by atoms with Crippen molar-refractivity contribution in [3.05, 3.63) is 0 Å². The zero-order valence-corrected chi connectivity index (χ0v) is 7.15. The molecular weight excluding hydrogens is 148 g/mol. The summed E-state index contributed by atoms with van der Waals surface area (Å²) in [6.45, 7) is 3.87. The predicted molar refractivity (Wildman–Crippen MR) is 57.5 cm³/mol. The Hall–Kier alpha value is -0.330. The SMILES string of the molecule is C.C.CCCCCCCC(C)=O. The van der Waals surface area contributed by atoms with Crippen molar-refractivity contribution in [2.45, 2.75) is 67.2 Å². The summed E-state index contributed by atoms with van der Waals surface area (Å²) in [4.78, 5) is 10.5. The van der Waals surface area contributed by atoms with Crippen molar-refractivity contribution in [2.24, 2.45) is 0 Å². The van der Waals surface area contributed by atoms with Crippen LogP contribution >= 0.6 is 0 Å². The van der Waals surface area contributed by atoms with E-state index in [1.54, 1.807) is 6.92 Å². The largest absolute Gasteiger partial charge is 0.300 e. The second-order valence-electron chi connectivity index (χ2n) is 2.87. The van der Waals surface area contributed by atoms with Gasteiger partial charge in [-0.2, -0.15) is 0 Å². The molecule has 0 atom stereocenters. The number of rotatable bonds is 6. The molecule has 12 heavy (non-hydrogen) atoms. The van der Waals surface area contributed by atoms with Gasteiger partial charge in [0.1, 0.15) is 5.78 Å². The molecule has 0 fully saturated rings. The molecule has 0 aromatic rings.